The Hall–Kier alpha value is -0.800. The van der Waals surface area contributed by atoms with Crippen LogP contribution in [0, 0.1) is 0 Å². The van der Waals surface area contributed by atoms with Crippen LogP contribution in [0.1, 0.15) is 36.6 Å². The van der Waals surface area contributed by atoms with Crippen molar-refractivity contribution in [3.8, 4) is 0 Å². The van der Waals surface area contributed by atoms with Crippen LogP contribution in [0.5, 0.6) is 0 Å². The van der Waals surface area contributed by atoms with E-state index in [0.29, 0.717) is 5.92 Å². The zero-order valence-electron chi connectivity index (χ0n) is 10.7. The van der Waals surface area contributed by atoms with E-state index >= 15 is 0 Å². The molecule has 2 rings (SSSR count). The summed E-state index contributed by atoms with van der Waals surface area (Å²) >= 11 is 5.32. The van der Waals surface area contributed by atoms with Gasteiger partial charge in [-0.15, -0.1) is 11.3 Å². The van der Waals surface area contributed by atoms with Crippen LogP contribution in [0.4, 0.5) is 5.69 Å². The van der Waals surface area contributed by atoms with E-state index in [1.165, 1.54) is 27.0 Å². The van der Waals surface area contributed by atoms with E-state index in [1.807, 2.05) is 0 Å². The molecule has 1 unspecified atom stereocenters. The van der Waals surface area contributed by atoms with E-state index in [0.717, 1.165) is 6.54 Å². The minimum atomic E-state index is 0.644. The Morgan fingerprint density at radius 1 is 1.22 bits per heavy atom. The zero-order chi connectivity index (χ0) is 13.0. The lowest BCUT2D eigenvalue weighted by Crippen LogP contribution is -1.98. The zero-order valence-corrected chi connectivity index (χ0v) is 13.1. The molecular formula is C15H18BrNS. The molecule has 0 spiro atoms. The summed E-state index contributed by atoms with van der Waals surface area (Å²) in [6, 6.07) is 10.9. The molecule has 1 atom stereocenters. The van der Waals surface area contributed by atoms with Gasteiger partial charge >= 0.3 is 0 Å². The maximum Gasteiger partial charge on any atom is 0.0505 e. The van der Waals surface area contributed by atoms with Gasteiger partial charge in [-0.2, -0.15) is 0 Å². The summed E-state index contributed by atoms with van der Waals surface area (Å²) in [6.45, 7) is 5.37. The van der Waals surface area contributed by atoms with Gasteiger partial charge in [0.05, 0.1) is 6.54 Å². The number of thiophene rings is 1. The summed E-state index contributed by atoms with van der Waals surface area (Å²) in [5.41, 5.74) is 2.60. The molecule has 1 aromatic carbocycles. The van der Waals surface area contributed by atoms with Crippen LogP contribution < -0.4 is 5.32 Å². The van der Waals surface area contributed by atoms with Gasteiger partial charge in [0.25, 0.3) is 0 Å². The smallest absolute Gasteiger partial charge is 0.0505 e. The first-order valence-corrected chi connectivity index (χ1v) is 7.93. The predicted octanol–water partition coefficient (Wildman–Crippen LogP) is 5.64. The standard InChI is InChI=1S/C15H18BrNS/c1-3-11(2)12-4-6-13(7-5-12)17-10-15-14(16)8-9-18-15/h4-9,11,17H,3,10H2,1-2H3. The van der Waals surface area contributed by atoms with Gasteiger partial charge in [0.2, 0.25) is 0 Å². The normalized spacial score (nSPS) is 12.4. The summed E-state index contributed by atoms with van der Waals surface area (Å²) in [6.07, 6.45) is 1.19. The van der Waals surface area contributed by atoms with Gasteiger partial charge < -0.3 is 5.32 Å². The molecule has 1 aromatic heterocycles. The molecule has 0 fully saturated rings. The minimum absolute atomic E-state index is 0.644. The number of halogens is 1. The van der Waals surface area contributed by atoms with Crippen molar-refractivity contribution in [1.29, 1.82) is 0 Å². The number of rotatable bonds is 5. The fraction of sp³-hybridized carbons (Fsp3) is 0.333. The Balaban J connectivity index is 1.96. The third-order valence-corrected chi connectivity index (χ3v) is 5.16. The van der Waals surface area contributed by atoms with Crippen LogP contribution >= 0.6 is 27.3 Å². The van der Waals surface area contributed by atoms with Gasteiger partial charge in [0.15, 0.2) is 0 Å². The topological polar surface area (TPSA) is 12.0 Å². The van der Waals surface area contributed by atoms with Crippen molar-refractivity contribution in [2.24, 2.45) is 0 Å². The van der Waals surface area contributed by atoms with Gasteiger partial charge in [-0.3, -0.25) is 0 Å². The van der Waals surface area contributed by atoms with Gasteiger partial charge in [0, 0.05) is 15.0 Å². The maximum atomic E-state index is 3.55. The molecule has 0 aliphatic carbocycles. The minimum Gasteiger partial charge on any atom is -0.380 e. The monoisotopic (exact) mass is 323 g/mol. The van der Waals surface area contributed by atoms with Gasteiger partial charge in [-0.1, -0.05) is 26.0 Å². The van der Waals surface area contributed by atoms with Crippen LogP contribution in [0.25, 0.3) is 0 Å². The third-order valence-electron chi connectivity index (χ3n) is 3.24. The molecule has 0 bridgehead atoms. The van der Waals surface area contributed by atoms with Crippen molar-refractivity contribution in [2.75, 3.05) is 5.32 Å². The first-order valence-electron chi connectivity index (χ1n) is 6.26. The largest absolute Gasteiger partial charge is 0.380 e. The maximum absolute atomic E-state index is 3.55. The number of nitrogens with one attached hydrogen (secondary N) is 1. The van der Waals surface area contributed by atoms with E-state index in [-0.39, 0.29) is 0 Å². The van der Waals surface area contributed by atoms with Crippen molar-refractivity contribution in [3.05, 3.63) is 50.6 Å². The summed E-state index contributed by atoms with van der Waals surface area (Å²) in [5, 5.41) is 5.56. The van der Waals surface area contributed by atoms with Crippen molar-refractivity contribution in [1.82, 2.24) is 0 Å². The van der Waals surface area contributed by atoms with Crippen LogP contribution in [-0.4, -0.2) is 0 Å². The van der Waals surface area contributed by atoms with E-state index < -0.39 is 0 Å². The molecule has 0 saturated heterocycles. The molecule has 3 heteroatoms. The number of anilines is 1. The lowest BCUT2D eigenvalue weighted by molar-refractivity contribution is 0.734. The van der Waals surface area contributed by atoms with E-state index in [9.17, 15) is 0 Å². The Kier molecular flexibility index (Phi) is 4.84. The Labute approximate surface area is 121 Å². The third kappa shape index (κ3) is 3.36. The molecule has 0 saturated carbocycles. The highest BCUT2D eigenvalue weighted by Gasteiger charge is 2.03. The fourth-order valence-electron chi connectivity index (χ4n) is 1.80. The molecule has 0 amide bonds. The molecule has 1 heterocycles. The second kappa shape index (κ2) is 6.39. The molecule has 0 aliphatic heterocycles. The molecule has 96 valence electrons. The van der Waals surface area contributed by atoms with Crippen LogP contribution in [0.2, 0.25) is 0 Å². The quantitative estimate of drug-likeness (QED) is 0.751. The van der Waals surface area contributed by atoms with Crippen molar-refractivity contribution >= 4 is 33.0 Å². The Morgan fingerprint density at radius 3 is 2.50 bits per heavy atom. The highest BCUT2D eigenvalue weighted by Crippen LogP contribution is 2.24. The predicted molar refractivity (Wildman–Crippen MR) is 84.5 cm³/mol. The SMILES string of the molecule is CCC(C)c1ccc(NCc2sccc2Br)cc1. The van der Waals surface area contributed by atoms with Crippen molar-refractivity contribution in [2.45, 2.75) is 32.7 Å². The fourth-order valence-corrected chi connectivity index (χ4v) is 3.23. The van der Waals surface area contributed by atoms with Crippen LogP contribution in [0.3, 0.4) is 0 Å². The second-order valence-electron chi connectivity index (χ2n) is 4.48. The van der Waals surface area contributed by atoms with Gasteiger partial charge in [-0.25, -0.2) is 0 Å². The summed E-state index contributed by atoms with van der Waals surface area (Å²) < 4.78 is 1.19. The molecule has 0 radical (unpaired) electrons. The molecule has 1 nitrogen and oxygen atoms in total. The van der Waals surface area contributed by atoms with Crippen molar-refractivity contribution in [3.63, 3.8) is 0 Å². The van der Waals surface area contributed by atoms with E-state index in [4.69, 9.17) is 0 Å². The first-order chi connectivity index (χ1) is 8.70. The van der Waals surface area contributed by atoms with Crippen LogP contribution in [-0.2, 0) is 6.54 Å². The summed E-state index contributed by atoms with van der Waals surface area (Å²) in [5.74, 6) is 0.644. The highest BCUT2D eigenvalue weighted by molar-refractivity contribution is 9.10. The highest BCUT2D eigenvalue weighted by atomic mass is 79.9. The molecule has 18 heavy (non-hydrogen) atoms. The first kappa shape index (κ1) is 13.6. The lowest BCUT2D eigenvalue weighted by Gasteiger charge is -2.10. The Bertz CT molecular complexity index is 489. The number of benzene rings is 1. The van der Waals surface area contributed by atoms with E-state index in [1.54, 1.807) is 11.3 Å². The van der Waals surface area contributed by atoms with Crippen molar-refractivity contribution < 1.29 is 0 Å². The number of hydrogen-bond donors (Lipinski definition) is 1. The average molecular weight is 324 g/mol. The lowest BCUT2D eigenvalue weighted by atomic mass is 9.99. The molecule has 1 N–H and O–H groups in total. The molecular weight excluding hydrogens is 306 g/mol. The van der Waals surface area contributed by atoms with Gasteiger partial charge in [0.1, 0.15) is 0 Å². The summed E-state index contributed by atoms with van der Waals surface area (Å²) in [4.78, 5) is 1.33. The summed E-state index contributed by atoms with van der Waals surface area (Å²) in [7, 11) is 0. The number of hydrogen-bond acceptors (Lipinski definition) is 2. The molecule has 0 aliphatic rings. The molecule has 2 aromatic rings. The van der Waals surface area contributed by atoms with Crippen LogP contribution in [0.15, 0.2) is 40.2 Å². The van der Waals surface area contributed by atoms with E-state index in [2.05, 4.69) is 70.8 Å². The van der Waals surface area contributed by atoms with Gasteiger partial charge in [-0.05, 0) is 57.4 Å². The Morgan fingerprint density at radius 2 is 1.94 bits per heavy atom. The average Bonchev–Trinajstić information content (AvgIpc) is 2.81. The second-order valence-corrected chi connectivity index (χ2v) is 6.33.